The topological polar surface area (TPSA) is 68.3 Å². The first-order valence-electron chi connectivity index (χ1n) is 6.31. The molecule has 1 amide bonds. The first kappa shape index (κ1) is 14.6. The molecule has 0 aliphatic rings. The van der Waals surface area contributed by atoms with Crippen LogP contribution in [0.5, 0.6) is 0 Å². The second-order valence-electron chi connectivity index (χ2n) is 4.10. The van der Waals surface area contributed by atoms with Crippen LogP contribution in [0, 0.1) is 5.95 Å². The lowest BCUT2D eigenvalue weighted by molar-refractivity contribution is 0.0526. The van der Waals surface area contributed by atoms with Gasteiger partial charge in [-0.3, -0.25) is 4.79 Å². The molecule has 0 bridgehead atoms. The Morgan fingerprint density at radius 2 is 1.90 bits per heavy atom. The Morgan fingerprint density at radius 3 is 2.52 bits per heavy atom. The van der Waals surface area contributed by atoms with Crippen molar-refractivity contribution in [2.24, 2.45) is 0 Å². The Balaban J connectivity index is 2.06. The van der Waals surface area contributed by atoms with Crippen molar-refractivity contribution < 1.29 is 18.7 Å². The van der Waals surface area contributed by atoms with E-state index in [1.165, 1.54) is 24.3 Å². The summed E-state index contributed by atoms with van der Waals surface area (Å²) in [5.74, 6) is -1.68. The summed E-state index contributed by atoms with van der Waals surface area (Å²) in [7, 11) is 0. The SMILES string of the molecule is CCOC(=O)c1ccc(NC(=O)c2cccc(F)n2)cc1. The third kappa shape index (κ3) is 3.85. The number of ether oxygens (including phenoxy) is 1. The zero-order valence-corrected chi connectivity index (χ0v) is 11.3. The van der Waals surface area contributed by atoms with Gasteiger partial charge in [0.15, 0.2) is 0 Å². The first-order valence-corrected chi connectivity index (χ1v) is 6.31. The lowest BCUT2D eigenvalue weighted by Crippen LogP contribution is -2.14. The van der Waals surface area contributed by atoms with Gasteiger partial charge in [-0.2, -0.15) is 4.39 Å². The molecule has 1 aromatic heterocycles. The van der Waals surface area contributed by atoms with Crippen molar-refractivity contribution in [3.8, 4) is 0 Å². The number of benzene rings is 1. The van der Waals surface area contributed by atoms with Gasteiger partial charge in [-0.1, -0.05) is 6.07 Å². The number of aromatic nitrogens is 1. The minimum absolute atomic E-state index is 0.0236. The first-order chi connectivity index (χ1) is 10.1. The van der Waals surface area contributed by atoms with Gasteiger partial charge in [-0.15, -0.1) is 0 Å². The fourth-order valence-electron chi connectivity index (χ4n) is 1.63. The monoisotopic (exact) mass is 288 g/mol. The largest absolute Gasteiger partial charge is 0.462 e. The number of hydrogen-bond donors (Lipinski definition) is 1. The van der Waals surface area contributed by atoms with Crippen molar-refractivity contribution in [3.63, 3.8) is 0 Å². The predicted octanol–water partition coefficient (Wildman–Crippen LogP) is 2.65. The van der Waals surface area contributed by atoms with Crippen LogP contribution in [0.3, 0.4) is 0 Å². The Kier molecular flexibility index (Phi) is 4.61. The van der Waals surface area contributed by atoms with Gasteiger partial charge in [0.2, 0.25) is 5.95 Å². The number of nitrogens with zero attached hydrogens (tertiary/aromatic N) is 1. The van der Waals surface area contributed by atoms with Crippen LogP contribution < -0.4 is 5.32 Å². The molecular formula is C15H13FN2O3. The summed E-state index contributed by atoms with van der Waals surface area (Å²) in [4.78, 5) is 26.8. The smallest absolute Gasteiger partial charge is 0.338 e. The highest BCUT2D eigenvalue weighted by Crippen LogP contribution is 2.12. The van der Waals surface area contributed by atoms with Crippen molar-refractivity contribution in [3.05, 3.63) is 59.7 Å². The second-order valence-corrected chi connectivity index (χ2v) is 4.10. The third-order valence-electron chi connectivity index (χ3n) is 2.60. The Morgan fingerprint density at radius 1 is 1.19 bits per heavy atom. The van der Waals surface area contributed by atoms with Gasteiger partial charge < -0.3 is 10.1 Å². The van der Waals surface area contributed by atoms with Crippen LogP contribution in [0.15, 0.2) is 42.5 Å². The maximum atomic E-state index is 12.9. The van der Waals surface area contributed by atoms with E-state index in [0.717, 1.165) is 6.07 Å². The third-order valence-corrected chi connectivity index (χ3v) is 2.60. The average molecular weight is 288 g/mol. The number of pyridine rings is 1. The second kappa shape index (κ2) is 6.60. The quantitative estimate of drug-likeness (QED) is 0.693. The van der Waals surface area contributed by atoms with Crippen molar-refractivity contribution in [2.45, 2.75) is 6.92 Å². The molecule has 21 heavy (non-hydrogen) atoms. The van der Waals surface area contributed by atoms with E-state index in [1.807, 2.05) is 0 Å². The molecule has 0 aliphatic heterocycles. The van der Waals surface area contributed by atoms with Crippen molar-refractivity contribution >= 4 is 17.6 Å². The number of carbonyl (C=O) groups excluding carboxylic acids is 2. The fourth-order valence-corrected chi connectivity index (χ4v) is 1.63. The van der Waals surface area contributed by atoms with Crippen LogP contribution in [0.2, 0.25) is 0 Å². The van der Waals surface area contributed by atoms with Gasteiger partial charge in [0.25, 0.3) is 5.91 Å². The maximum Gasteiger partial charge on any atom is 0.338 e. The number of carbonyl (C=O) groups is 2. The van der Waals surface area contributed by atoms with Crippen LogP contribution in [0.25, 0.3) is 0 Å². The van der Waals surface area contributed by atoms with Crippen molar-refractivity contribution in [1.29, 1.82) is 0 Å². The lowest BCUT2D eigenvalue weighted by atomic mass is 10.2. The highest BCUT2D eigenvalue weighted by molar-refractivity contribution is 6.03. The minimum atomic E-state index is -0.722. The average Bonchev–Trinajstić information content (AvgIpc) is 2.48. The molecule has 1 aromatic carbocycles. The number of esters is 1. The number of rotatable bonds is 4. The van der Waals surface area contributed by atoms with E-state index in [1.54, 1.807) is 19.1 Å². The minimum Gasteiger partial charge on any atom is -0.462 e. The molecule has 0 unspecified atom stereocenters. The summed E-state index contributed by atoms with van der Waals surface area (Å²) in [6, 6.07) is 10.2. The van der Waals surface area contributed by atoms with Crippen LogP contribution >= 0.6 is 0 Å². The summed E-state index contributed by atoms with van der Waals surface area (Å²) in [5.41, 5.74) is 0.835. The van der Waals surface area contributed by atoms with Gasteiger partial charge in [0.1, 0.15) is 5.69 Å². The van der Waals surface area contributed by atoms with E-state index in [4.69, 9.17) is 4.74 Å². The van der Waals surface area contributed by atoms with Gasteiger partial charge in [-0.05, 0) is 43.3 Å². The molecule has 0 atom stereocenters. The van der Waals surface area contributed by atoms with E-state index >= 15 is 0 Å². The molecule has 0 fully saturated rings. The normalized spacial score (nSPS) is 10.0. The molecule has 0 radical (unpaired) electrons. The van der Waals surface area contributed by atoms with Crippen molar-refractivity contribution in [1.82, 2.24) is 4.98 Å². The number of amides is 1. The van der Waals surface area contributed by atoms with Crippen LogP contribution in [0.1, 0.15) is 27.8 Å². The van der Waals surface area contributed by atoms with E-state index in [-0.39, 0.29) is 5.69 Å². The highest BCUT2D eigenvalue weighted by atomic mass is 19.1. The lowest BCUT2D eigenvalue weighted by Gasteiger charge is -2.06. The summed E-state index contributed by atoms with van der Waals surface area (Å²) in [5, 5.41) is 2.56. The molecule has 1 heterocycles. The van der Waals surface area contributed by atoms with Gasteiger partial charge in [-0.25, -0.2) is 9.78 Å². The summed E-state index contributed by atoms with van der Waals surface area (Å²) < 4.78 is 17.8. The van der Waals surface area contributed by atoms with Crippen LogP contribution in [-0.4, -0.2) is 23.5 Å². The zero-order valence-electron chi connectivity index (χ0n) is 11.3. The van der Waals surface area contributed by atoms with Crippen LogP contribution in [0.4, 0.5) is 10.1 Å². The molecule has 2 rings (SSSR count). The van der Waals surface area contributed by atoms with E-state index in [2.05, 4.69) is 10.3 Å². The Hall–Kier alpha value is -2.76. The van der Waals surface area contributed by atoms with Crippen molar-refractivity contribution in [2.75, 3.05) is 11.9 Å². The molecule has 0 saturated heterocycles. The Labute approximate surface area is 120 Å². The molecule has 1 N–H and O–H groups in total. The molecule has 0 aliphatic carbocycles. The fraction of sp³-hybridized carbons (Fsp3) is 0.133. The predicted molar refractivity (Wildman–Crippen MR) is 74.5 cm³/mol. The molecule has 0 saturated carbocycles. The number of anilines is 1. The standard InChI is InChI=1S/C15H13FN2O3/c1-2-21-15(20)10-6-8-11(9-7-10)17-14(19)12-4-3-5-13(16)18-12/h3-9H,2H2,1H3,(H,17,19). The maximum absolute atomic E-state index is 12.9. The van der Waals surface area contributed by atoms with Gasteiger partial charge in [0.05, 0.1) is 12.2 Å². The molecule has 2 aromatic rings. The number of nitrogens with one attached hydrogen (secondary N) is 1. The number of halogens is 1. The zero-order chi connectivity index (χ0) is 15.2. The Bertz CT molecular complexity index is 656. The molecular weight excluding hydrogens is 275 g/mol. The van der Waals surface area contributed by atoms with E-state index in [9.17, 15) is 14.0 Å². The number of hydrogen-bond acceptors (Lipinski definition) is 4. The summed E-state index contributed by atoms with van der Waals surface area (Å²) in [6.45, 7) is 2.01. The summed E-state index contributed by atoms with van der Waals surface area (Å²) >= 11 is 0. The molecule has 5 nitrogen and oxygen atoms in total. The van der Waals surface area contributed by atoms with Gasteiger partial charge in [0, 0.05) is 5.69 Å². The van der Waals surface area contributed by atoms with E-state index < -0.39 is 17.8 Å². The van der Waals surface area contributed by atoms with Gasteiger partial charge >= 0.3 is 5.97 Å². The summed E-state index contributed by atoms with van der Waals surface area (Å²) in [6.07, 6.45) is 0. The van der Waals surface area contributed by atoms with E-state index in [0.29, 0.717) is 17.9 Å². The highest BCUT2D eigenvalue weighted by Gasteiger charge is 2.10. The molecule has 0 spiro atoms. The molecule has 108 valence electrons. The van der Waals surface area contributed by atoms with Crippen LogP contribution in [-0.2, 0) is 4.74 Å². The molecule has 6 heteroatoms.